The number of hydrogen-bond acceptors (Lipinski definition) is 7. The molecular formula is C39H48N4O7. The summed E-state index contributed by atoms with van der Waals surface area (Å²) < 4.78 is 17.1. The minimum Gasteiger partial charge on any atom is -0.497 e. The van der Waals surface area contributed by atoms with Crippen LogP contribution in [0.4, 0.5) is 0 Å². The van der Waals surface area contributed by atoms with E-state index in [0.717, 1.165) is 29.7 Å². The van der Waals surface area contributed by atoms with Gasteiger partial charge in [0.15, 0.2) is 0 Å². The highest BCUT2D eigenvalue weighted by Gasteiger charge is 2.37. The van der Waals surface area contributed by atoms with E-state index in [-0.39, 0.29) is 44.0 Å². The van der Waals surface area contributed by atoms with Crippen molar-refractivity contribution in [3.8, 4) is 11.5 Å². The lowest BCUT2D eigenvalue weighted by Crippen LogP contribution is -2.55. The number of rotatable bonds is 10. The molecule has 5 rings (SSSR count). The molecule has 0 aliphatic carbocycles. The van der Waals surface area contributed by atoms with E-state index in [2.05, 4.69) is 22.9 Å². The summed E-state index contributed by atoms with van der Waals surface area (Å²) in [6.07, 6.45) is 2.93. The van der Waals surface area contributed by atoms with E-state index < -0.39 is 35.2 Å². The molecule has 0 bridgehead atoms. The molecule has 11 nitrogen and oxygen atoms in total. The number of ether oxygens (including phenoxy) is 3. The fraction of sp³-hybridized carbons (Fsp3) is 0.436. The quantitative estimate of drug-likeness (QED) is 0.296. The highest BCUT2D eigenvalue weighted by Crippen LogP contribution is 2.35. The number of nitrogens with one attached hydrogen (secondary N) is 3. The Morgan fingerprint density at radius 2 is 1.66 bits per heavy atom. The number of carbonyl (C=O) groups is 4. The summed E-state index contributed by atoms with van der Waals surface area (Å²) in [5.74, 6) is -0.733. The lowest BCUT2D eigenvalue weighted by atomic mass is 9.74. The van der Waals surface area contributed by atoms with Crippen molar-refractivity contribution >= 4 is 23.6 Å². The molecule has 266 valence electrons. The van der Waals surface area contributed by atoms with Crippen LogP contribution in [0.1, 0.15) is 60.5 Å². The summed E-state index contributed by atoms with van der Waals surface area (Å²) in [5.41, 5.74) is 1.74. The van der Waals surface area contributed by atoms with Crippen molar-refractivity contribution < 1.29 is 33.4 Å². The maximum Gasteiger partial charge on any atom is 0.255 e. The Bertz CT molecular complexity index is 1590. The zero-order valence-electron chi connectivity index (χ0n) is 29.0. The van der Waals surface area contributed by atoms with Crippen LogP contribution >= 0.6 is 0 Å². The highest BCUT2D eigenvalue weighted by molar-refractivity contribution is 6.01. The van der Waals surface area contributed by atoms with Crippen molar-refractivity contribution in [2.24, 2.45) is 0 Å². The number of carbonyl (C=O) groups excluding carboxylic acids is 4. The SMILES string of the molecule is CCCCN1CCOc2ccccc2C(=O)N[C@H](C(=O)NCC2(c3ccc(OC)cc3)CCOCC2)CC(=O)N[C@@H](Cc2ccccc2)C1=O. The van der Waals surface area contributed by atoms with E-state index in [1.807, 2.05) is 54.6 Å². The molecule has 50 heavy (non-hydrogen) atoms. The maximum absolute atomic E-state index is 14.1. The van der Waals surface area contributed by atoms with E-state index >= 15 is 0 Å². The van der Waals surface area contributed by atoms with Crippen molar-refractivity contribution in [3.63, 3.8) is 0 Å². The molecule has 0 aromatic heterocycles. The molecular weight excluding hydrogens is 636 g/mol. The molecule has 3 N–H and O–H groups in total. The molecule has 1 fully saturated rings. The maximum atomic E-state index is 14.1. The Kier molecular flexibility index (Phi) is 12.9. The standard InChI is InChI=1S/C39H48N4O7/c1-3-4-20-43-21-24-50-34-13-9-8-12-31(34)36(45)42-32(26-35(44)41-33(38(43)47)25-28-10-6-5-7-11-28)37(46)40-27-39(18-22-49-23-19-39)29-14-16-30(48-2)17-15-29/h5-17,32-33H,3-4,18-27H2,1-2H3,(H,40,46)(H,41,44)(H,42,45)/t32-,33-/m0/s1. The van der Waals surface area contributed by atoms with Crippen LogP contribution in [-0.2, 0) is 31.0 Å². The van der Waals surface area contributed by atoms with Gasteiger partial charge in [-0.05, 0) is 54.7 Å². The van der Waals surface area contributed by atoms with Crippen LogP contribution in [0.3, 0.4) is 0 Å². The molecule has 0 unspecified atom stereocenters. The first-order valence-electron chi connectivity index (χ1n) is 17.5. The minimum absolute atomic E-state index is 0.146. The van der Waals surface area contributed by atoms with E-state index in [9.17, 15) is 19.2 Å². The van der Waals surface area contributed by atoms with Crippen molar-refractivity contribution in [1.82, 2.24) is 20.9 Å². The number of hydrogen-bond donors (Lipinski definition) is 3. The summed E-state index contributed by atoms with van der Waals surface area (Å²) in [6, 6.07) is 21.9. The molecule has 2 aliphatic rings. The molecule has 4 amide bonds. The minimum atomic E-state index is -1.23. The van der Waals surface area contributed by atoms with Gasteiger partial charge in [0.1, 0.15) is 30.2 Å². The van der Waals surface area contributed by atoms with Gasteiger partial charge in [-0.15, -0.1) is 0 Å². The number of unbranched alkanes of at least 4 members (excludes halogenated alkanes) is 1. The number of benzene rings is 3. The second-order valence-electron chi connectivity index (χ2n) is 12.9. The van der Waals surface area contributed by atoms with Gasteiger partial charge in [-0.1, -0.05) is 67.9 Å². The number of amides is 4. The fourth-order valence-electron chi connectivity index (χ4n) is 6.53. The smallest absolute Gasteiger partial charge is 0.255 e. The Morgan fingerprint density at radius 1 is 0.940 bits per heavy atom. The Labute approximate surface area is 294 Å². The summed E-state index contributed by atoms with van der Waals surface area (Å²) >= 11 is 0. The van der Waals surface area contributed by atoms with Gasteiger partial charge in [-0.25, -0.2) is 0 Å². The molecule has 3 aromatic carbocycles. The van der Waals surface area contributed by atoms with Gasteiger partial charge in [-0.3, -0.25) is 19.2 Å². The van der Waals surface area contributed by atoms with Crippen LogP contribution in [0.15, 0.2) is 78.9 Å². The summed E-state index contributed by atoms with van der Waals surface area (Å²) in [4.78, 5) is 57.3. The third kappa shape index (κ3) is 9.41. The molecule has 0 radical (unpaired) electrons. The van der Waals surface area contributed by atoms with E-state index in [1.165, 1.54) is 0 Å². The summed E-state index contributed by atoms with van der Waals surface area (Å²) in [7, 11) is 1.61. The van der Waals surface area contributed by atoms with Crippen molar-refractivity contribution in [1.29, 1.82) is 0 Å². The topological polar surface area (TPSA) is 135 Å². The molecule has 2 atom stereocenters. The second kappa shape index (κ2) is 17.7. The Balaban J connectivity index is 1.42. The summed E-state index contributed by atoms with van der Waals surface area (Å²) in [6.45, 7) is 4.32. The van der Waals surface area contributed by atoms with Gasteiger partial charge in [0, 0.05) is 38.1 Å². The third-order valence-corrected chi connectivity index (χ3v) is 9.52. The van der Waals surface area contributed by atoms with Crippen LogP contribution in [-0.4, -0.2) is 87.2 Å². The van der Waals surface area contributed by atoms with Gasteiger partial charge >= 0.3 is 0 Å². The average Bonchev–Trinajstić information content (AvgIpc) is 3.15. The zero-order chi connectivity index (χ0) is 35.3. The lowest BCUT2D eigenvalue weighted by molar-refractivity contribution is -0.137. The number of methoxy groups -OCH3 is 1. The first-order chi connectivity index (χ1) is 24.3. The molecule has 2 heterocycles. The number of fused-ring (bicyclic) bond motifs is 1. The van der Waals surface area contributed by atoms with Crippen molar-refractivity contribution in [2.75, 3.05) is 46.6 Å². The first-order valence-corrected chi connectivity index (χ1v) is 17.5. The second-order valence-corrected chi connectivity index (χ2v) is 12.9. The molecule has 3 aromatic rings. The van der Waals surface area contributed by atoms with Crippen LogP contribution < -0.4 is 25.4 Å². The van der Waals surface area contributed by atoms with Gasteiger partial charge in [0.05, 0.1) is 25.6 Å². The van der Waals surface area contributed by atoms with Gasteiger partial charge in [0.2, 0.25) is 17.7 Å². The Morgan fingerprint density at radius 3 is 2.38 bits per heavy atom. The van der Waals surface area contributed by atoms with Crippen LogP contribution in [0.5, 0.6) is 11.5 Å². The van der Waals surface area contributed by atoms with Gasteiger partial charge in [0.25, 0.3) is 5.91 Å². The highest BCUT2D eigenvalue weighted by atomic mass is 16.5. The lowest BCUT2D eigenvalue weighted by Gasteiger charge is -2.38. The molecule has 11 heteroatoms. The van der Waals surface area contributed by atoms with E-state index in [4.69, 9.17) is 14.2 Å². The molecule has 0 saturated carbocycles. The number of nitrogens with zero attached hydrogens (tertiary/aromatic N) is 1. The predicted molar refractivity (Wildman–Crippen MR) is 189 cm³/mol. The predicted octanol–water partition coefficient (Wildman–Crippen LogP) is 3.80. The number of para-hydroxylation sites is 1. The van der Waals surface area contributed by atoms with Crippen LogP contribution in [0.2, 0.25) is 0 Å². The Hall–Kier alpha value is -4.90. The van der Waals surface area contributed by atoms with Gasteiger partial charge in [-0.2, -0.15) is 0 Å². The van der Waals surface area contributed by atoms with Crippen molar-refractivity contribution in [2.45, 2.75) is 62.9 Å². The van der Waals surface area contributed by atoms with E-state index in [1.54, 1.807) is 36.3 Å². The van der Waals surface area contributed by atoms with Crippen molar-refractivity contribution in [3.05, 3.63) is 95.6 Å². The zero-order valence-corrected chi connectivity index (χ0v) is 29.0. The fourth-order valence-corrected chi connectivity index (χ4v) is 6.53. The summed E-state index contributed by atoms with van der Waals surface area (Å²) in [5, 5.41) is 8.76. The normalized spacial score (nSPS) is 20.0. The largest absolute Gasteiger partial charge is 0.497 e. The average molecular weight is 685 g/mol. The van der Waals surface area contributed by atoms with Crippen LogP contribution in [0, 0.1) is 0 Å². The van der Waals surface area contributed by atoms with E-state index in [0.29, 0.717) is 38.3 Å². The third-order valence-electron chi connectivity index (χ3n) is 9.52. The monoisotopic (exact) mass is 684 g/mol. The molecule has 2 aliphatic heterocycles. The molecule has 1 saturated heterocycles. The first kappa shape index (κ1) is 36.4. The van der Waals surface area contributed by atoms with Crippen LogP contribution in [0.25, 0.3) is 0 Å². The molecule has 0 spiro atoms. The van der Waals surface area contributed by atoms with Gasteiger partial charge < -0.3 is 35.1 Å².